The van der Waals surface area contributed by atoms with Crippen LogP contribution in [0.15, 0.2) is 24.3 Å². The first-order chi connectivity index (χ1) is 9.97. The van der Waals surface area contributed by atoms with Gasteiger partial charge in [-0.2, -0.15) is 0 Å². The van der Waals surface area contributed by atoms with Crippen molar-refractivity contribution in [3.8, 4) is 0 Å². The highest BCUT2D eigenvalue weighted by molar-refractivity contribution is 6.21. The number of hydrogen-bond donors (Lipinski definition) is 1. The fraction of sp³-hybridized carbons (Fsp3) is 0.400. The number of nitrogens with zero attached hydrogens (tertiary/aromatic N) is 1. The molecule has 1 aliphatic heterocycles. The van der Waals surface area contributed by atoms with Crippen LogP contribution >= 0.6 is 0 Å². The lowest BCUT2D eigenvalue weighted by molar-refractivity contribution is -0.142. The van der Waals surface area contributed by atoms with Gasteiger partial charge in [0.25, 0.3) is 11.8 Å². The highest BCUT2D eigenvalue weighted by Crippen LogP contribution is 2.24. The molecular formula is C15H18N2O4. The molecule has 0 aliphatic carbocycles. The number of carbonyl (C=O) groups is 3. The molecule has 1 heterocycles. The summed E-state index contributed by atoms with van der Waals surface area (Å²) in [6.07, 6.45) is 0. The van der Waals surface area contributed by atoms with Crippen LogP contribution in [0.25, 0.3) is 0 Å². The van der Waals surface area contributed by atoms with Gasteiger partial charge in [0.2, 0.25) is 0 Å². The van der Waals surface area contributed by atoms with E-state index in [-0.39, 0.29) is 23.8 Å². The van der Waals surface area contributed by atoms with Crippen LogP contribution in [0.2, 0.25) is 0 Å². The van der Waals surface area contributed by atoms with E-state index < -0.39 is 6.04 Å². The lowest BCUT2D eigenvalue weighted by atomic mass is 10.1. The van der Waals surface area contributed by atoms with E-state index in [1.54, 1.807) is 38.1 Å². The molecule has 0 fully saturated rings. The number of imide groups is 1. The maximum atomic E-state index is 12.3. The van der Waals surface area contributed by atoms with Crippen LogP contribution < -0.4 is 5.32 Å². The molecule has 1 aliphatic rings. The molecule has 0 spiro atoms. The Morgan fingerprint density at radius 3 is 2.19 bits per heavy atom. The lowest BCUT2D eigenvalue weighted by Crippen LogP contribution is -2.47. The molecule has 112 valence electrons. The van der Waals surface area contributed by atoms with Crippen molar-refractivity contribution in [3.63, 3.8) is 0 Å². The molecule has 1 aromatic carbocycles. The Morgan fingerprint density at radius 1 is 1.19 bits per heavy atom. The Labute approximate surface area is 123 Å². The van der Waals surface area contributed by atoms with E-state index in [4.69, 9.17) is 0 Å². The van der Waals surface area contributed by atoms with Crippen LogP contribution in [0.5, 0.6) is 0 Å². The van der Waals surface area contributed by atoms with Crippen LogP contribution in [0.4, 0.5) is 0 Å². The zero-order valence-electron chi connectivity index (χ0n) is 12.3. The Balaban J connectivity index is 2.05. The molecular weight excluding hydrogens is 272 g/mol. The minimum Gasteiger partial charge on any atom is -0.468 e. The number of hydrogen-bond acceptors (Lipinski definition) is 5. The number of amides is 2. The zero-order valence-corrected chi connectivity index (χ0v) is 12.3. The number of rotatable bonds is 5. The Hall–Kier alpha value is -2.21. The van der Waals surface area contributed by atoms with E-state index in [2.05, 4.69) is 10.1 Å². The maximum absolute atomic E-state index is 12.3. The number of methoxy groups -OCH3 is 1. The predicted octanol–water partition coefficient (Wildman–Crippen LogP) is 0.822. The molecule has 0 bridgehead atoms. The van der Waals surface area contributed by atoms with Crippen molar-refractivity contribution in [1.29, 1.82) is 0 Å². The third-order valence-corrected chi connectivity index (χ3v) is 3.54. The monoisotopic (exact) mass is 290 g/mol. The van der Waals surface area contributed by atoms with Crippen molar-refractivity contribution in [2.45, 2.75) is 25.9 Å². The average Bonchev–Trinajstić information content (AvgIpc) is 2.76. The number of fused-ring (bicyclic) bond motifs is 1. The summed E-state index contributed by atoms with van der Waals surface area (Å²) in [6, 6.07) is 5.91. The third-order valence-electron chi connectivity index (χ3n) is 3.54. The first-order valence-corrected chi connectivity index (χ1v) is 6.75. The van der Waals surface area contributed by atoms with Gasteiger partial charge < -0.3 is 10.1 Å². The van der Waals surface area contributed by atoms with Crippen molar-refractivity contribution in [2.75, 3.05) is 13.7 Å². The van der Waals surface area contributed by atoms with Crippen LogP contribution in [0.3, 0.4) is 0 Å². The summed E-state index contributed by atoms with van der Waals surface area (Å²) >= 11 is 0. The quantitative estimate of drug-likeness (QED) is 0.642. The maximum Gasteiger partial charge on any atom is 0.322 e. The van der Waals surface area contributed by atoms with Crippen molar-refractivity contribution in [1.82, 2.24) is 10.2 Å². The van der Waals surface area contributed by atoms with Gasteiger partial charge in [0, 0.05) is 12.6 Å². The minimum absolute atomic E-state index is 0.296. The average molecular weight is 290 g/mol. The Kier molecular flexibility index (Phi) is 4.37. The topological polar surface area (TPSA) is 75.7 Å². The number of esters is 1. The summed E-state index contributed by atoms with van der Waals surface area (Å²) in [7, 11) is 1.31. The molecule has 0 saturated heterocycles. The van der Waals surface area contributed by atoms with E-state index in [1.807, 2.05) is 0 Å². The molecule has 1 unspecified atom stereocenters. The van der Waals surface area contributed by atoms with Gasteiger partial charge in [-0.1, -0.05) is 12.1 Å². The summed E-state index contributed by atoms with van der Waals surface area (Å²) in [5.74, 6) is -0.976. The smallest absolute Gasteiger partial charge is 0.322 e. The fourth-order valence-electron chi connectivity index (χ4n) is 2.31. The summed E-state index contributed by atoms with van der Waals surface area (Å²) in [5.41, 5.74) is 0.853. The number of nitrogens with one attached hydrogen (secondary N) is 1. The summed E-state index contributed by atoms with van der Waals surface area (Å²) < 4.78 is 4.61. The van der Waals surface area contributed by atoms with E-state index in [0.29, 0.717) is 17.7 Å². The highest BCUT2D eigenvalue weighted by Gasteiger charge is 2.38. The van der Waals surface area contributed by atoms with Gasteiger partial charge in [0.05, 0.1) is 18.2 Å². The summed E-state index contributed by atoms with van der Waals surface area (Å²) in [6.45, 7) is 3.75. The largest absolute Gasteiger partial charge is 0.468 e. The Morgan fingerprint density at radius 2 is 1.71 bits per heavy atom. The second-order valence-corrected chi connectivity index (χ2v) is 5.03. The van der Waals surface area contributed by atoms with Crippen molar-refractivity contribution in [3.05, 3.63) is 35.4 Å². The molecule has 1 N–H and O–H groups in total. The third kappa shape index (κ3) is 2.80. The normalized spacial score (nSPS) is 16.6. The molecule has 21 heavy (non-hydrogen) atoms. The standard InChI is InChI=1S/C15H18N2O4/c1-9(8-16-10(2)15(20)21-3)17-13(18)11-6-4-5-7-12(11)14(17)19/h4-7,9-10,16H,8H2,1-3H3/t9?,10-/m0/s1. The number of ether oxygens (including phenoxy) is 1. The van der Waals surface area contributed by atoms with Gasteiger partial charge in [-0.25, -0.2) is 0 Å². The molecule has 6 heteroatoms. The van der Waals surface area contributed by atoms with Gasteiger partial charge in [0.15, 0.2) is 0 Å². The van der Waals surface area contributed by atoms with Gasteiger partial charge in [-0.3, -0.25) is 19.3 Å². The highest BCUT2D eigenvalue weighted by atomic mass is 16.5. The minimum atomic E-state index is -0.493. The van der Waals surface area contributed by atoms with Crippen LogP contribution in [0.1, 0.15) is 34.6 Å². The molecule has 2 atom stereocenters. The van der Waals surface area contributed by atoms with Crippen LogP contribution in [-0.2, 0) is 9.53 Å². The molecule has 6 nitrogen and oxygen atoms in total. The molecule has 2 rings (SSSR count). The zero-order chi connectivity index (χ0) is 15.6. The van der Waals surface area contributed by atoms with Crippen molar-refractivity contribution >= 4 is 17.8 Å². The van der Waals surface area contributed by atoms with Gasteiger partial charge in [-0.15, -0.1) is 0 Å². The Bertz CT molecular complexity index is 550. The van der Waals surface area contributed by atoms with Gasteiger partial charge in [-0.05, 0) is 26.0 Å². The summed E-state index contributed by atoms with van der Waals surface area (Å²) in [5, 5.41) is 2.96. The predicted molar refractivity (Wildman–Crippen MR) is 75.9 cm³/mol. The SMILES string of the molecule is COC(=O)[C@H](C)NCC(C)N1C(=O)c2ccccc2C1=O. The molecule has 0 aromatic heterocycles. The lowest BCUT2D eigenvalue weighted by Gasteiger charge is -2.24. The first-order valence-electron chi connectivity index (χ1n) is 6.75. The fourth-order valence-corrected chi connectivity index (χ4v) is 2.31. The van der Waals surface area contributed by atoms with Gasteiger partial charge in [0.1, 0.15) is 6.04 Å². The van der Waals surface area contributed by atoms with E-state index in [1.165, 1.54) is 12.0 Å². The first kappa shape index (κ1) is 15.2. The molecule has 0 radical (unpaired) electrons. The second-order valence-electron chi connectivity index (χ2n) is 5.03. The number of carbonyl (C=O) groups excluding carboxylic acids is 3. The molecule has 0 saturated carbocycles. The van der Waals surface area contributed by atoms with Crippen LogP contribution in [0, 0.1) is 0 Å². The molecule has 2 amide bonds. The molecule has 1 aromatic rings. The van der Waals surface area contributed by atoms with E-state index in [9.17, 15) is 14.4 Å². The van der Waals surface area contributed by atoms with Crippen molar-refractivity contribution in [2.24, 2.45) is 0 Å². The second kappa shape index (κ2) is 6.05. The van der Waals surface area contributed by atoms with Gasteiger partial charge >= 0.3 is 5.97 Å². The van der Waals surface area contributed by atoms with Crippen LogP contribution in [-0.4, -0.2) is 48.4 Å². The van der Waals surface area contributed by atoms with E-state index in [0.717, 1.165) is 0 Å². The summed E-state index contributed by atoms with van der Waals surface area (Å²) in [4.78, 5) is 37.1. The number of benzene rings is 1. The van der Waals surface area contributed by atoms with Crippen molar-refractivity contribution < 1.29 is 19.1 Å². The van der Waals surface area contributed by atoms with E-state index >= 15 is 0 Å².